The summed E-state index contributed by atoms with van der Waals surface area (Å²) in [6.45, 7) is 5.39. The normalized spacial score (nSPS) is 9.76. The zero-order valence-corrected chi connectivity index (χ0v) is 11.9. The Hall–Kier alpha value is -1.15. The Morgan fingerprint density at radius 1 is 0.824 bits per heavy atom. The summed E-state index contributed by atoms with van der Waals surface area (Å²) in [5.74, 6) is 0. The largest absolute Gasteiger partial charge is 1.00 e. The summed E-state index contributed by atoms with van der Waals surface area (Å²) in [5.41, 5.74) is 4.06. The molecule has 0 spiro atoms. The van der Waals surface area contributed by atoms with Gasteiger partial charge in [0.1, 0.15) is 0 Å². The first-order chi connectivity index (χ1) is 7.77. The van der Waals surface area contributed by atoms with Gasteiger partial charge < -0.3 is 17.0 Å². The Morgan fingerprint density at radius 2 is 1.41 bits per heavy atom. The number of hydrogen-bond donors (Lipinski definition) is 0. The van der Waals surface area contributed by atoms with Crippen molar-refractivity contribution in [3.8, 4) is 0 Å². The number of benzene rings is 1. The highest BCUT2D eigenvalue weighted by molar-refractivity contribution is 5.14. The van der Waals surface area contributed by atoms with Gasteiger partial charge in [0.2, 0.25) is 0 Å². The highest BCUT2D eigenvalue weighted by atomic mass is 79.9. The van der Waals surface area contributed by atoms with Crippen LogP contribution in [0.25, 0.3) is 0 Å². The van der Waals surface area contributed by atoms with Crippen LogP contribution in [-0.4, -0.2) is 0 Å². The number of aromatic nitrogens is 1. The van der Waals surface area contributed by atoms with E-state index in [0.717, 1.165) is 13.0 Å². The van der Waals surface area contributed by atoms with Gasteiger partial charge in [-0.05, 0) is 11.6 Å². The Bertz CT molecular complexity index is 445. The van der Waals surface area contributed by atoms with Gasteiger partial charge in [0.25, 0.3) is 0 Å². The standard InChI is InChI=1S/C15H18N.BrH/c1-13-7-6-8-14(2)16(13)12-11-15-9-4-3-5-10-15;/h3-10H,11-12H2,1-2H3;1H/q+1;/p-1. The minimum absolute atomic E-state index is 0. The lowest BCUT2D eigenvalue weighted by molar-refractivity contribution is -0.708. The van der Waals surface area contributed by atoms with E-state index in [-0.39, 0.29) is 17.0 Å². The predicted octanol–water partition coefficient (Wildman–Crippen LogP) is -0.162. The van der Waals surface area contributed by atoms with Crippen molar-refractivity contribution in [3.05, 3.63) is 65.5 Å². The zero-order valence-electron chi connectivity index (χ0n) is 10.4. The molecule has 1 aromatic carbocycles. The molecular weight excluding hydrogens is 274 g/mol. The van der Waals surface area contributed by atoms with Crippen LogP contribution in [0.3, 0.4) is 0 Å². The van der Waals surface area contributed by atoms with Gasteiger partial charge in [-0.2, -0.15) is 4.57 Å². The van der Waals surface area contributed by atoms with Gasteiger partial charge >= 0.3 is 0 Å². The fourth-order valence-electron chi connectivity index (χ4n) is 2.02. The van der Waals surface area contributed by atoms with E-state index >= 15 is 0 Å². The zero-order chi connectivity index (χ0) is 11.4. The van der Waals surface area contributed by atoms with Crippen LogP contribution in [0.5, 0.6) is 0 Å². The molecule has 0 amide bonds. The third-order valence-electron chi connectivity index (χ3n) is 2.99. The summed E-state index contributed by atoms with van der Waals surface area (Å²) in [7, 11) is 0. The van der Waals surface area contributed by atoms with Crippen LogP contribution in [0.1, 0.15) is 17.0 Å². The lowest BCUT2D eigenvalue weighted by Crippen LogP contribution is -3.00. The molecule has 1 aromatic heterocycles. The number of halogens is 1. The van der Waals surface area contributed by atoms with Crippen LogP contribution in [0.4, 0.5) is 0 Å². The quantitative estimate of drug-likeness (QED) is 0.692. The van der Waals surface area contributed by atoms with Crippen molar-refractivity contribution < 1.29 is 21.5 Å². The number of aryl methyl sites for hydroxylation is 3. The van der Waals surface area contributed by atoms with Crippen LogP contribution >= 0.6 is 0 Å². The second-order valence-electron chi connectivity index (χ2n) is 4.20. The third-order valence-corrected chi connectivity index (χ3v) is 2.99. The molecule has 0 atom stereocenters. The van der Waals surface area contributed by atoms with Crippen molar-refractivity contribution in [2.45, 2.75) is 26.8 Å². The molecule has 0 bridgehead atoms. The summed E-state index contributed by atoms with van der Waals surface area (Å²) < 4.78 is 2.37. The Balaban J connectivity index is 0.00000144. The topological polar surface area (TPSA) is 3.88 Å². The second kappa shape index (κ2) is 6.55. The van der Waals surface area contributed by atoms with Crippen molar-refractivity contribution in [2.24, 2.45) is 0 Å². The molecule has 0 saturated heterocycles. The lowest BCUT2D eigenvalue weighted by atomic mass is 10.1. The van der Waals surface area contributed by atoms with E-state index in [9.17, 15) is 0 Å². The van der Waals surface area contributed by atoms with E-state index in [4.69, 9.17) is 0 Å². The van der Waals surface area contributed by atoms with Crippen LogP contribution in [0, 0.1) is 13.8 Å². The van der Waals surface area contributed by atoms with E-state index in [1.807, 2.05) is 0 Å². The van der Waals surface area contributed by atoms with Crippen LogP contribution in [0.15, 0.2) is 48.5 Å². The smallest absolute Gasteiger partial charge is 0.178 e. The molecule has 2 rings (SSSR count). The molecule has 1 heterocycles. The molecule has 90 valence electrons. The van der Waals surface area contributed by atoms with Gasteiger partial charge in [-0.3, -0.25) is 0 Å². The first-order valence-corrected chi connectivity index (χ1v) is 5.77. The summed E-state index contributed by atoms with van der Waals surface area (Å²) in [4.78, 5) is 0. The maximum Gasteiger partial charge on any atom is 0.178 e. The average molecular weight is 292 g/mol. The van der Waals surface area contributed by atoms with E-state index in [1.165, 1.54) is 17.0 Å². The maximum atomic E-state index is 2.37. The molecule has 0 N–H and O–H groups in total. The summed E-state index contributed by atoms with van der Waals surface area (Å²) in [5, 5.41) is 0. The summed E-state index contributed by atoms with van der Waals surface area (Å²) in [6, 6.07) is 17.1. The fourth-order valence-corrected chi connectivity index (χ4v) is 2.02. The maximum absolute atomic E-state index is 2.37. The van der Waals surface area contributed by atoms with Gasteiger partial charge in [0.05, 0.1) is 0 Å². The molecule has 0 aliphatic heterocycles. The van der Waals surface area contributed by atoms with Gasteiger partial charge in [0.15, 0.2) is 17.9 Å². The Labute approximate surface area is 114 Å². The number of rotatable bonds is 3. The number of hydrogen-bond acceptors (Lipinski definition) is 0. The highest BCUT2D eigenvalue weighted by Gasteiger charge is 2.08. The van der Waals surface area contributed by atoms with Gasteiger partial charge in [-0.15, -0.1) is 0 Å². The summed E-state index contributed by atoms with van der Waals surface area (Å²) in [6.07, 6.45) is 1.09. The van der Waals surface area contributed by atoms with Gasteiger partial charge in [-0.25, -0.2) is 0 Å². The molecular formula is C15H18BrN. The molecule has 17 heavy (non-hydrogen) atoms. The number of nitrogens with zero attached hydrogens (tertiary/aromatic N) is 1. The molecule has 0 radical (unpaired) electrons. The molecule has 2 aromatic rings. The van der Waals surface area contributed by atoms with E-state index < -0.39 is 0 Å². The first kappa shape index (κ1) is 13.9. The number of pyridine rings is 1. The fraction of sp³-hybridized carbons (Fsp3) is 0.267. The SMILES string of the molecule is Cc1cccc(C)[n+]1CCc1ccccc1.[Br-]. The van der Waals surface area contributed by atoms with E-state index in [0.29, 0.717) is 0 Å². The van der Waals surface area contributed by atoms with Crippen LogP contribution in [-0.2, 0) is 13.0 Å². The van der Waals surface area contributed by atoms with Crippen molar-refractivity contribution in [2.75, 3.05) is 0 Å². The van der Waals surface area contributed by atoms with Crippen molar-refractivity contribution >= 4 is 0 Å². The Morgan fingerprint density at radius 3 is 2.00 bits per heavy atom. The predicted molar refractivity (Wildman–Crippen MR) is 66.3 cm³/mol. The minimum Gasteiger partial charge on any atom is -1.00 e. The van der Waals surface area contributed by atoms with E-state index in [2.05, 4.69) is 66.9 Å². The third kappa shape index (κ3) is 3.67. The first-order valence-electron chi connectivity index (χ1n) is 5.77. The molecule has 0 saturated carbocycles. The van der Waals surface area contributed by atoms with Crippen LogP contribution in [0.2, 0.25) is 0 Å². The molecule has 0 aliphatic carbocycles. The summed E-state index contributed by atoms with van der Waals surface area (Å²) >= 11 is 0. The van der Waals surface area contributed by atoms with Crippen molar-refractivity contribution in [1.82, 2.24) is 0 Å². The molecule has 0 unspecified atom stereocenters. The van der Waals surface area contributed by atoms with E-state index in [1.54, 1.807) is 0 Å². The van der Waals surface area contributed by atoms with Crippen molar-refractivity contribution in [1.29, 1.82) is 0 Å². The molecule has 0 fully saturated rings. The highest BCUT2D eigenvalue weighted by Crippen LogP contribution is 2.01. The lowest BCUT2D eigenvalue weighted by Gasteiger charge is -2.03. The molecule has 0 aliphatic rings. The molecule has 2 heteroatoms. The monoisotopic (exact) mass is 291 g/mol. The average Bonchev–Trinajstić information content (AvgIpc) is 2.30. The van der Waals surface area contributed by atoms with Crippen molar-refractivity contribution in [3.63, 3.8) is 0 Å². The molecule has 1 nitrogen and oxygen atoms in total. The Kier molecular flexibility index (Phi) is 5.36. The van der Waals surface area contributed by atoms with Gasteiger partial charge in [0, 0.05) is 32.4 Å². The van der Waals surface area contributed by atoms with Crippen LogP contribution < -0.4 is 21.5 Å². The second-order valence-corrected chi connectivity index (χ2v) is 4.20. The minimum atomic E-state index is 0. The van der Waals surface area contributed by atoms with Gasteiger partial charge in [-0.1, -0.05) is 30.3 Å².